The van der Waals surface area contributed by atoms with Gasteiger partial charge in [-0.25, -0.2) is 0 Å². The molecule has 66 valence electrons. The Bertz CT molecular complexity index is 110. The minimum atomic E-state index is 0.618. The van der Waals surface area contributed by atoms with E-state index in [0.717, 1.165) is 12.5 Å². The molecule has 2 N–H and O–H groups in total. The fourth-order valence-corrected chi connectivity index (χ4v) is 1.75. The summed E-state index contributed by atoms with van der Waals surface area (Å²) in [5.41, 5.74) is 0. The van der Waals surface area contributed by atoms with Crippen molar-refractivity contribution in [2.24, 2.45) is 5.92 Å². The molecule has 0 radical (unpaired) electrons. The summed E-state index contributed by atoms with van der Waals surface area (Å²) >= 11 is 0. The van der Waals surface area contributed by atoms with Crippen LogP contribution < -0.4 is 10.6 Å². The van der Waals surface area contributed by atoms with Crippen LogP contribution in [0.3, 0.4) is 0 Å². The molecule has 0 aromatic rings. The maximum Gasteiger partial charge on any atom is 0.0197 e. The first-order valence-corrected chi connectivity index (χ1v) is 4.65. The zero-order valence-corrected chi connectivity index (χ0v) is 7.85. The lowest BCUT2D eigenvalue weighted by Gasteiger charge is -2.29. The van der Waals surface area contributed by atoms with Crippen LogP contribution in [-0.2, 0) is 0 Å². The number of piperidine rings is 1. The first kappa shape index (κ1) is 9.01. The summed E-state index contributed by atoms with van der Waals surface area (Å²) in [5.74, 6) is 0.833. The fraction of sp³-hybridized carbons (Fsp3) is 1.00. The van der Waals surface area contributed by atoms with Crippen LogP contribution in [0.25, 0.3) is 0 Å². The Balaban J connectivity index is 2.23. The second kappa shape index (κ2) is 4.07. The van der Waals surface area contributed by atoms with Gasteiger partial charge >= 0.3 is 0 Å². The molecule has 0 aromatic heterocycles. The maximum absolute atomic E-state index is 3.55. The minimum Gasteiger partial charge on any atom is -0.315 e. The van der Waals surface area contributed by atoms with Crippen molar-refractivity contribution in [3.8, 4) is 0 Å². The monoisotopic (exact) mass is 156 g/mol. The van der Waals surface area contributed by atoms with Gasteiger partial charge in [-0.2, -0.15) is 0 Å². The highest BCUT2D eigenvalue weighted by Gasteiger charge is 2.17. The van der Waals surface area contributed by atoms with Gasteiger partial charge in [-0.3, -0.25) is 0 Å². The summed E-state index contributed by atoms with van der Waals surface area (Å²) in [5, 5.41) is 6.98. The van der Waals surface area contributed by atoms with Crippen LogP contribution in [0.4, 0.5) is 0 Å². The predicted molar refractivity (Wildman–Crippen MR) is 48.7 cm³/mol. The smallest absolute Gasteiger partial charge is 0.0197 e. The van der Waals surface area contributed by atoms with Crippen LogP contribution in [-0.4, -0.2) is 25.2 Å². The van der Waals surface area contributed by atoms with Crippen molar-refractivity contribution < 1.29 is 0 Å². The van der Waals surface area contributed by atoms with Gasteiger partial charge in [-0.05, 0) is 18.9 Å². The number of hydrogen-bond acceptors (Lipinski definition) is 2. The molecule has 0 bridgehead atoms. The molecule has 1 rings (SSSR count). The van der Waals surface area contributed by atoms with E-state index in [0.29, 0.717) is 12.1 Å². The van der Waals surface area contributed by atoms with Crippen molar-refractivity contribution >= 4 is 0 Å². The van der Waals surface area contributed by atoms with Gasteiger partial charge in [0.1, 0.15) is 0 Å². The second-order valence-electron chi connectivity index (χ2n) is 4.02. The van der Waals surface area contributed by atoms with Gasteiger partial charge in [-0.15, -0.1) is 0 Å². The molecule has 1 aliphatic heterocycles. The molecule has 1 heterocycles. The van der Waals surface area contributed by atoms with E-state index in [1.54, 1.807) is 0 Å². The molecule has 1 fully saturated rings. The summed E-state index contributed by atoms with van der Waals surface area (Å²) in [7, 11) is 0. The van der Waals surface area contributed by atoms with E-state index >= 15 is 0 Å². The van der Waals surface area contributed by atoms with E-state index in [1.165, 1.54) is 13.0 Å². The topological polar surface area (TPSA) is 24.1 Å². The summed E-state index contributed by atoms with van der Waals surface area (Å²) in [6.45, 7) is 9.05. The molecular weight excluding hydrogens is 136 g/mol. The highest BCUT2D eigenvalue weighted by atomic mass is 15.0. The van der Waals surface area contributed by atoms with Gasteiger partial charge in [0.15, 0.2) is 0 Å². The van der Waals surface area contributed by atoms with Gasteiger partial charge < -0.3 is 10.6 Å². The number of hydrogen-bond donors (Lipinski definition) is 2. The summed E-state index contributed by atoms with van der Waals surface area (Å²) in [6, 6.07) is 1.31. The summed E-state index contributed by atoms with van der Waals surface area (Å²) < 4.78 is 0. The second-order valence-corrected chi connectivity index (χ2v) is 4.02. The lowest BCUT2D eigenvalue weighted by molar-refractivity contribution is 0.306. The zero-order chi connectivity index (χ0) is 8.27. The standard InChI is InChI=1S/C9H20N2/c1-7(2)11-9-4-8(3)5-10-6-9/h7-11H,4-6H2,1-3H3. The summed E-state index contributed by atoms with van der Waals surface area (Å²) in [4.78, 5) is 0. The molecule has 0 amide bonds. The molecule has 0 saturated carbocycles. The third-order valence-electron chi connectivity index (χ3n) is 2.14. The lowest BCUT2D eigenvalue weighted by atomic mass is 9.97. The Kier molecular flexibility index (Phi) is 3.34. The van der Waals surface area contributed by atoms with Crippen LogP contribution in [0.15, 0.2) is 0 Å². The van der Waals surface area contributed by atoms with E-state index in [-0.39, 0.29) is 0 Å². The SMILES string of the molecule is CC1CNCC(NC(C)C)C1. The van der Waals surface area contributed by atoms with E-state index in [1.807, 2.05) is 0 Å². The third kappa shape index (κ3) is 3.21. The molecule has 0 spiro atoms. The predicted octanol–water partition coefficient (Wildman–Crippen LogP) is 0.982. The van der Waals surface area contributed by atoms with Gasteiger partial charge in [-0.1, -0.05) is 20.8 Å². The Morgan fingerprint density at radius 3 is 2.64 bits per heavy atom. The molecule has 0 aromatic carbocycles. The van der Waals surface area contributed by atoms with Crippen LogP contribution in [0.2, 0.25) is 0 Å². The largest absolute Gasteiger partial charge is 0.315 e. The van der Waals surface area contributed by atoms with Crippen molar-refractivity contribution in [1.29, 1.82) is 0 Å². The third-order valence-corrected chi connectivity index (χ3v) is 2.14. The van der Waals surface area contributed by atoms with Crippen molar-refractivity contribution in [3.63, 3.8) is 0 Å². The van der Waals surface area contributed by atoms with E-state index in [9.17, 15) is 0 Å². The summed E-state index contributed by atoms with van der Waals surface area (Å²) in [6.07, 6.45) is 1.32. The quantitative estimate of drug-likeness (QED) is 0.623. The average molecular weight is 156 g/mol. The Labute approximate surface area is 69.8 Å². The van der Waals surface area contributed by atoms with Gasteiger partial charge in [0.05, 0.1) is 0 Å². The Morgan fingerprint density at radius 2 is 2.09 bits per heavy atom. The molecule has 11 heavy (non-hydrogen) atoms. The first-order chi connectivity index (χ1) is 5.18. The molecule has 1 aliphatic rings. The molecule has 2 nitrogen and oxygen atoms in total. The van der Waals surface area contributed by atoms with Gasteiger partial charge in [0.2, 0.25) is 0 Å². The molecule has 0 aliphatic carbocycles. The highest BCUT2D eigenvalue weighted by molar-refractivity contribution is 4.79. The van der Waals surface area contributed by atoms with E-state index in [2.05, 4.69) is 31.4 Å². The van der Waals surface area contributed by atoms with Crippen molar-refractivity contribution in [3.05, 3.63) is 0 Å². The van der Waals surface area contributed by atoms with Gasteiger partial charge in [0, 0.05) is 18.6 Å². The number of nitrogens with one attached hydrogen (secondary N) is 2. The van der Waals surface area contributed by atoms with Crippen LogP contribution in [0.5, 0.6) is 0 Å². The molecule has 2 heteroatoms. The zero-order valence-electron chi connectivity index (χ0n) is 7.85. The Hall–Kier alpha value is -0.0800. The van der Waals surface area contributed by atoms with Gasteiger partial charge in [0.25, 0.3) is 0 Å². The van der Waals surface area contributed by atoms with E-state index in [4.69, 9.17) is 0 Å². The van der Waals surface area contributed by atoms with Crippen LogP contribution >= 0.6 is 0 Å². The van der Waals surface area contributed by atoms with Crippen molar-refractivity contribution in [2.75, 3.05) is 13.1 Å². The fourth-order valence-electron chi connectivity index (χ4n) is 1.75. The Morgan fingerprint density at radius 1 is 1.36 bits per heavy atom. The maximum atomic E-state index is 3.55. The molecular formula is C9H20N2. The molecule has 2 atom stereocenters. The average Bonchev–Trinajstić information content (AvgIpc) is 1.85. The van der Waals surface area contributed by atoms with Crippen molar-refractivity contribution in [1.82, 2.24) is 10.6 Å². The first-order valence-electron chi connectivity index (χ1n) is 4.65. The van der Waals surface area contributed by atoms with Crippen molar-refractivity contribution in [2.45, 2.75) is 39.3 Å². The van der Waals surface area contributed by atoms with Crippen LogP contribution in [0.1, 0.15) is 27.2 Å². The van der Waals surface area contributed by atoms with E-state index < -0.39 is 0 Å². The highest BCUT2D eigenvalue weighted by Crippen LogP contribution is 2.09. The van der Waals surface area contributed by atoms with Crippen LogP contribution in [0, 0.1) is 5.92 Å². The number of rotatable bonds is 2. The lowest BCUT2D eigenvalue weighted by Crippen LogP contribution is -2.48. The molecule has 2 unspecified atom stereocenters. The molecule has 1 saturated heterocycles. The minimum absolute atomic E-state index is 0.618. The normalized spacial score (nSPS) is 32.7.